The molecule has 1 aliphatic rings. The first-order valence-electron chi connectivity index (χ1n) is 11.5. The van der Waals surface area contributed by atoms with E-state index in [1.54, 1.807) is 19.2 Å². The van der Waals surface area contributed by atoms with Crippen LogP contribution in [0.25, 0.3) is 5.69 Å². The Morgan fingerprint density at radius 1 is 0.971 bits per heavy atom. The van der Waals surface area contributed by atoms with Crippen molar-refractivity contribution in [3.63, 3.8) is 0 Å². The SMILES string of the molecule is COc1ccc(N2CCN(CCNC(=O)c3nn(-c4ccc(C)cc4)c(=O)n(C)c3=O)CC2)cc1. The van der Waals surface area contributed by atoms with Gasteiger partial charge in [0.2, 0.25) is 5.69 Å². The summed E-state index contributed by atoms with van der Waals surface area (Å²) in [7, 11) is 3.00. The largest absolute Gasteiger partial charge is 0.497 e. The minimum Gasteiger partial charge on any atom is -0.497 e. The Hall–Kier alpha value is -3.92. The van der Waals surface area contributed by atoms with E-state index in [0.717, 1.165) is 52.4 Å². The van der Waals surface area contributed by atoms with E-state index in [4.69, 9.17) is 4.74 Å². The first-order valence-corrected chi connectivity index (χ1v) is 11.5. The lowest BCUT2D eigenvalue weighted by Gasteiger charge is -2.36. The normalized spacial score (nSPS) is 14.1. The summed E-state index contributed by atoms with van der Waals surface area (Å²) in [4.78, 5) is 42.4. The average molecular weight is 479 g/mol. The van der Waals surface area contributed by atoms with E-state index in [0.29, 0.717) is 18.8 Å². The van der Waals surface area contributed by atoms with Gasteiger partial charge < -0.3 is 15.0 Å². The molecule has 1 aliphatic heterocycles. The standard InChI is InChI=1S/C25H30N6O4/c1-18-4-6-20(7-5-18)31-25(34)28(2)24(33)22(27-31)23(32)26-12-13-29-14-16-30(17-15-29)19-8-10-21(35-3)11-9-19/h4-11H,12-17H2,1-3H3,(H,26,32). The molecule has 2 heterocycles. The number of nitrogens with zero attached hydrogens (tertiary/aromatic N) is 5. The second-order valence-electron chi connectivity index (χ2n) is 8.53. The molecule has 0 bridgehead atoms. The number of rotatable bonds is 7. The van der Waals surface area contributed by atoms with Gasteiger partial charge in [0, 0.05) is 52.0 Å². The quantitative estimate of drug-likeness (QED) is 0.536. The Kier molecular flexibility index (Phi) is 7.31. The second kappa shape index (κ2) is 10.6. The Labute approximate surface area is 203 Å². The molecule has 1 N–H and O–H groups in total. The monoisotopic (exact) mass is 478 g/mol. The summed E-state index contributed by atoms with van der Waals surface area (Å²) in [5.41, 5.74) is 1.03. The number of methoxy groups -OCH3 is 1. The number of carbonyl (C=O) groups excluding carboxylic acids is 1. The van der Waals surface area contributed by atoms with Crippen molar-refractivity contribution in [2.75, 3.05) is 51.3 Å². The van der Waals surface area contributed by atoms with Crippen LogP contribution in [0, 0.1) is 6.92 Å². The van der Waals surface area contributed by atoms with Crippen molar-refractivity contribution in [2.24, 2.45) is 7.05 Å². The molecule has 0 spiro atoms. The fraction of sp³-hybridized carbons (Fsp3) is 0.360. The maximum Gasteiger partial charge on any atom is 0.351 e. The number of piperazine rings is 1. The Morgan fingerprint density at radius 2 is 1.60 bits per heavy atom. The van der Waals surface area contributed by atoms with E-state index in [-0.39, 0.29) is 5.69 Å². The summed E-state index contributed by atoms with van der Waals surface area (Å²) in [5, 5.41) is 6.86. The van der Waals surface area contributed by atoms with Crippen LogP contribution in [0.1, 0.15) is 16.1 Å². The smallest absolute Gasteiger partial charge is 0.351 e. The molecule has 0 aliphatic carbocycles. The zero-order chi connectivity index (χ0) is 24.9. The van der Waals surface area contributed by atoms with Crippen molar-refractivity contribution in [3.05, 3.63) is 80.6 Å². The highest BCUT2D eigenvalue weighted by atomic mass is 16.5. The van der Waals surface area contributed by atoms with Gasteiger partial charge in [-0.25, -0.2) is 4.79 Å². The molecular weight excluding hydrogens is 448 g/mol. The van der Waals surface area contributed by atoms with Gasteiger partial charge in [-0.3, -0.25) is 19.1 Å². The number of anilines is 1. The zero-order valence-corrected chi connectivity index (χ0v) is 20.2. The minimum absolute atomic E-state index is 0.308. The summed E-state index contributed by atoms with van der Waals surface area (Å²) in [5.74, 6) is 0.241. The number of nitrogens with one attached hydrogen (secondary N) is 1. The lowest BCUT2D eigenvalue weighted by molar-refractivity contribution is 0.0938. The van der Waals surface area contributed by atoms with Crippen LogP contribution in [0.2, 0.25) is 0 Å². The molecule has 0 radical (unpaired) electrons. The molecular formula is C25H30N6O4. The number of hydrogen-bond donors (Lipinski definition) is 1. The van der Waals surface area contributed by atoms with Crippen LogP contribution in [0.5, 0.6) is 5.75 Å². The van der Waals surface area contributed by atoms with Crippen LogP contribution in [-0.4, -0.2) is 71.5 Å². The first-order chi connectivity index (χ1) is 16.9. The van der Waals surface area contributed by atoms with Crippen molar-refractivity contribution < 1.29 is 9.53 Å². The molecule has 10 heteroatoms. The molecule has 4 rings (SSSR count). The molecule has 1 aromatic heterocycles. The number of benzene rings is 2. The van der Waals surface area contributed by atoms with Gasteiger partial charge in [-0.2, -0.15) is 9.78 Å². The Morgan fingerprint density at radius 3 is 2.23 bits per heavy atom. The highest BCUT2D eigenvalue weighted by molar-refractivity contribution is 5.91. The zero-order valence-electron chi connectivity index (χ0n) is 20.2. The fourth-order valence-electron chi connectivity index (χ4n) is 4.00. The van der Waals surface area contributed by atoms with Crippen molar-refractivity contribution in [3.8, 4) is 11.4 Å². The Bertz CT molecular complexity index is 1290. The highest BCUT2D eigenvalue weighted by Crippen LogP contribution is 2.20. The van der Waals surface area contributed by atoms with Gasteiger partial charge >= 0.3 is 5.69 Å². The van der Waals surface area contributed by atoms with E-state index in [9.17, 15) is 14.4 Å². The van der Waals surface area contributed by atoms with E-state index in [1.165, 1.54) is 7.05 Å². The van der Waals surface area contributed by atoms with Crippen molar-refractivity contribution in [2.45, 2.75) is 6.92 Å². The molecule has 0 atom stereocenters. The number of aryl methyl sites for hydroxylation is 1. The third-order valence-corrected chi connectivity index (χ3v) is 6.19. The molecule has 1 amide bonds. The molecule has 1 saturated heterocycles. The molecule has 1 fully saturated rings. The summed E-state index contributed by atoms with van der Waals surface area (Å²) in [6.07, 6.45) is 0. The number of ether oxygens (including phenoxy) is 1. The first kappa shape index (κ1) is 24.2. The third-order valence-electron chi connectivity index (χ3n) is 6.19. The van der Waals surface area contributed by atoms with Crippen LogP contribution in [0.15, 0.2) is 58.1 Å². The number of amides is 1. The minimum atomic E-state index is -0.719. The molecule has 10 nitrogen and oxygen atoms in total. The van der Waals surface area contributed by atoms with Crippen LogP contribution < -0.4 is 26.2 Å². The Balaban J connectivity index is 1.34. The summed E-state index contributed by atoms with van der Waals surface area (Å²) in [6.45, 7) is 6.43. The van der Waals surface area contributed by atoms with Gasteiger partial charge in [0.05, 0.1) is 12.8 Å². The maximum absolute atomic E-state index is 12.8. The van der Waals surface area contributed by atoms with Crippen LogP contribution in [0.4, 0.5) is 5.69 Å². The third kappa shape index (κ3) is 5.43. The topological polar surface area (TPSA) is 102 Å². The molecule has 0 saturated carbocycles. The lowest BCUT2D eigenvalue weighted by Crippen LogP contribution is -2.49. The van der Waals surface area contributed by atoms with Crippen molar-refractivity contribution in [1.82, 2.24) is 24.6 Å². The van der Waals surface area contributed by atoms with Crippen LogP contribution in [-0.2, 0) is 7.05 Å². The van der Waals surface area contributed by atoms with Crippen LogP contribution >= 0.6 is 0 Å². The number of aromatic nitrogens is 3. The predicted octanol–water partition coefficient (Wildman–Crippen LogP) is 0.800. The molecule has 35 heavy (non-hydrogen) atoms. The van der Waals surface area contributed by atoms with Crippen LogP contribution in [0.3, 0.4) is 0 Å². The second-order valence-corrected chi connectivity index (χ2v) is 8.53. The van der Waals surface area contributed by atoms with Crippen molar-refractivity contribution in [1.29, 1.82) is 0 Å². The van der Waals surface area contributed by atoms with Gasteiger partial charge in [-0.1, -0.05) is 17.7 Å². The number of hydrogen-bond acceptors (Lipinski definition) is 7. The fourth-order valence-corrected chi connectivity index (χ4v) is 4.00. The predicted molar refractivity (Wildman–Crippen MR) is 134 cm³/mol. The van der Waals surface area contributed by atoms with E-state index in [2.05, 4.69) is 32.3 Å². The van der Waals surface area contributed by atoms with Crippen molar-refractivity contribution >= 4 is 11.6 Å². The van der Waals surface area contributed by atoms with Gasteiger partial charge in [0.1, 0.15) is 5.75 Å². The molecule has 2 aromatic carbocycles. The van der Waals surface area contributed by atoms with Gasteiger partial charge in [0.25, 0.3) is 11.5 Å². The summed E-state index contributed by atoms with van der Waals surface area (Å²) in [6, 6.07) is 15.1. The maximum atomic E-state index is 12.8. The van der Waals surface area contributed by atoms with Gasteiger partial charge in [0.15, 0.2) is 0 Å². The average Bonchev–Trinajstić information content (AvgIpc) is 2.88. The van der Waals surface area contributed by atoms with E-state index >= 15 is 0 Å². The lowest BCUT2D eigenvalue weighted by atomic mass is 10.2. The summed E-state index contributed by atoms with van der Waals surface area (Å²) < 4.78 is 7.20. The van der Waals surface area contributed by atoms with E-state index < -0.39 is 17.2 Å². The van der Waals surface area contributed by atoms with Gasteiger partial charge in [-0.05, 0) is 43.3 Å². The number of carbonyl (C=O) groups is 1. The van der Waals surface area contributed by atoms with E-state index in [1.807, 2.05) is 31.2 Å². The molecule has 3 aromatic rings. The molecule has 0 unspecified atom stereocenters. The highest BCUT2D eigenvalue weighted by Gasteiger charge is 2.20. The summed E-state index contributed by atoms with van der Waals surface area (Å²) >= 11 is 0. The molecule has 184 valence electrons. The van der Waals surface area contributed by atoms with Gasteiger partial charge in [-0.15, -0.1) is 0 Å².